The fourth-order valence-electron chi connectivity index (χ4n) is 3.74. The molecule has 0 spiro atoms. The van der Waals surface area contributed by atoms with Crippen molar-refractivity contribution in [1.82, 2.24) is 4.90 Å². The van der Waals surface area contributed by atoms with E-state index >= 15 is 0 Å². The minimum absolute atomic E-state index is 0.159. The van der Waals surface area contributed by atoms with E-state index in [1.165, 1.54) is 25.2 Å². The molecule has 29 heavy (non-hydrogen) atoms. The van der Waals surface area contributed by atoms with Crippen molar-refractivity contribution in [2.45, 2.75) is 31.8 Å². The van der Waals surface area contributed by atoms with Gasteiger partial charge in [0, 0.05) is 24.4 Å². The highest BCUT2D eigenvalue weighted by Crippen LogP contribution is 2.34. The highest BCUT2D eigenvalue weighted by Gasteiger charge is 2.33. The molecule has 2 aromatic carbocycles. The SMILES string of the molecule is COc1ccc(NC(=O)c2ccc3c(c2)C(=O)N(C)C3=O)cc1OC1CCCC1. The van der Waals surface area contributed by atoms with Crippen LogP contribution in [-0.4, -0.2) is 42.9 Å². The molecule has 0 aromatic heterocycles. The number of nitrogens with zero attached hydrogens (tertiary/aromatic N) is 1. The molecular formula is C22H22N2O5. The van der Waals surface area contributed by atoms with Crippen molar-refractivity contribution in [1.29, 1.82) is 0 Å². The van der Waals surface area contributed by atoms with Gasteiger partial charge in [0.15, 0.2) is 11.5 Å². The van der Waals surface area contributed by atoms with E-state index in [4.69, 9.17) is 9.47 Å². The third-order valence-corrected chi connectivity index (χ3v) is 5.37. The summed E-state index contributed by atoms with van der Waals surface area (Å²) in [6, 6.07) is 9.72. The number of hydrogen-bond donors (Lipinski definition) is 1. The molecule has 0 saturated heterocycles. The van der Waals surface area contributed by atoms with Crippen LogP contribution in [0.3, 0.4) is 0 Å². The lowest BCUT2D eigenvalue weighted by atomic mass is 10.1. The molecule has 4 rings (SSSR count). The Morgan fingerprint density at radius 3 is 2.45 bits per heavy atom. The van der Waals surface area contributed by atoms with Gasteiger partial charge in [-0.25, -0.2) is 0 Å². The first-order valence-corrected chi connectivity index (χ1v) is 9.60. The van der Waals surface area contributed by atoms with Gasteiger partial charge in [-0.15, -0.1) is 0 Å². The van der Waals surface area contributed by atoms with Crippen molar-refractivity contribution in [2.24, 2.45) is 0 Å². The first-order valence-electron chi connectivity index (χ1n) is 9.60. The molecule has 1 aliphatic carbocycles. The van der Waals surface area contributed by atoms with Crippen LogP contribution in [0.2, 0.25) is 0 Å². The van der Waals surface area contributed by atoms with Crippen molar-refractivity contribution >= 4 is 23.4 Å². The smallest absolute Gasteiger partial charge is 0.261 e. The largest absolute Gasteiger partial charge is 0.493 e. The quantitative estimate of drug-likeness (QED) is 0.785. The van der Waals surface area contributed by atoms with Gasteiger partial charge in [0.1, 0.15) is 0 Å². The van der Waals surface area contributed by atoms with Gasteiger partial charge in [-0.2, -0.15) is 0 Å². The first-order chi connectivity index (χ1) is 14.0. The standard InChI is InChI=1S/C22H22N2O5/c1-24-21(26)16-9-7-13(11-17(16)22(24)27)20(25)23-14-8-10-18(28-2)19(12-14)29-15-5-3-4-6-15/h7-12,15H,3-6H2,1-2H3,(H,23,25). The van der Waals surface area contributed by atoms with Crippen LogP contribution in [0, 0.1) is 0 Å². The summed E-state index contributed by atoms with van der Waals surface area (Å²) in [7, 11) is 3.00. The zero-order valence-electron chi connectivity index (χ0n) is 16.4. The van der Waals surface area contributed by atoms with Crippen molar-refractivity contribution in [2.75, 3.05) is 19.5 Å². The first kappa shape index (κ1) is 19.0. The molecule has 2 aliphatic rings. The van der Waals surface area contributed by atoms with Crippen LogP contribution in [0.1, 0.15) is 56.8 Å². The topological polar surface area (TPSA) is 84.9 Å². The van der Waals surface area contributed by atoms with E-state index in [9.17, 15) is 14.4 Å². The summed E-state index contributed by atoms with van der Waals surface area (Å²) >= 11 is 0. The molecule has 2 aromatic rings. The molecule has 1 aliphatic heterocycles. The number of carbonyl (C=O) groups is 3. The van der Waals surface area contributed by atoms with Crippen LogP contribution in [0.5, 0.6) is 11.5 Å². The number of anilines is 1. The van der Waals surface area contributed by atoms with Gasteiger partial charge in [0.05, 0.1) is 24.3 Å². The summed E-state index contributed by atoms with van der Waals surface area (Å²) in [5.74, 6) is 0.0601. The maximum absolute atomic E-state index is 12.7. The van der Waals surface area contributed by atoms with Crippen molar-refractivity contribution in [3.05, 3.63) is 53.1 Å². The summed E-state index contributed by atoms with van der Waals surface area (Å²) in [6.07, 6.45) is 4.48. The molecule has 3 amide bonds. The molecule has 7 heteroatoms. The van der Waals surface area contributed by atoms with Gasteiger partial charge in [0.25, 0.3) is 17.7 Å². The van der Waals surface area contributed by atoms with Crippen LogP contribution in [0.25, 0.3) is 0 Å². The van der Waals surface area contributed by atoms with Crippen LogP contribution >= 0.6 is 0 Å². The predicted octanol–water partition coefficient (Wildman–Crippen LogP) is 3.49. The molecule has 7 nitrogen and oxygen atoms in total. The van der Waals surface area contributed by atoms with Gasteiger partial charge in [-0.1, -0.05) is 0 Å². The third kappa shape index (κ3) is 3.55. The molecule has 0 bridgehead atoms. The summed E-state index contributed by atoms with van der Waals surface area (Å²) < 4.78 is 11.4. The molecule has 0 unspecified atom stereocenters. The van der Waals surface area contributed by atoms with E-state index in [1.54, 1.807) is 25.3 Å². The summed E-state index contributed by atoms with van der Waals surface area (Å²) in [5.41, 5.74) is 1.41. The van der Waals surface area contributed by atoms with Gasteiger partial charge in [0.2, 0.25) is 0 Å². The van der Waals surface area contributed by atoms with Crippen LogP contribution in [0.15, 0.2) is 36.4 Å². The van der Waals surface area contributed by atoms with E-state index in [0.717, 1.165) is 30.6 Å². The number of nitrogens with one attached hydrogen (secondary N) is 1. The van der Waals surface area contributed by atoms with Crippen molar-refractivity contribution in [3.63, 3.8) is 0 Å². The maximum Gasteiger partial charge on any atom is 0.261 e. The number of imide groups is 1. The number of ether oxygens (including phenoxy) is 2. The highest BCUT2D eigenvalue weighted by molar-refractivity contribution is 6.22. The molecule has 1 N–H and O–H groups in total. The summed E-state index contributed by atoms with van der Waals surface area (Å²) in [5, 5.41) is 2.82. The van der Waals surface area contributed by atoms with E-state index in [0.29, 0.717) is 28.3 Å². The molecule has 0 radical (unpaired) electrons. The number of carbonyl (C=O) groups excluding carboxylic acids is 3. The Kier molecular flexibility index (Phi) is 4.96. The predicted molar refractivity (Wildman–Crippen MR) is 107 cm³/mol. The fraction of sp³-hybridized carbons (Fsp3) is 0.318. The number of rotatable bonds is 5. The minimum Gasteiger partial charge on any atom is -0.493 e. The maximum atomic E-state index is 12.7. The lowest BCUT2D eigenvalue weighted by molar-refractivity contribution is 0.0693. The van der Waals surface area contributed by atoms with Crippen LogP contribution < -0.4 is 14.8 Å². The molecule has 1 saturated carbocycles. The van der Waals surface area contributed by atoms with E-state index in [2.05, 4.69) is 5.32 Å². The van der Waals surface area contributed by atoms with Gasteiger partial charge in [-0.05, 0) is 56.0 Å². The number of fused-ring (bicyclic) bond motifs is 1. The average molecular weight is 394 g/mol. The second-order valence-corrected chi connectivity index (χ2v) is 7.27. The Balaban J connectivity index is 1.54. The summed E-state index contributed by atoms with van der Waals surface area (Å²) in [6.45, 7) is 0. The Morgan fingerprint density at radius 1 is 1.00 bits per heavy atom. The zero-order chi connectivity index (χ0) is 20.5. The Bertz CT molecular complexity index is 995. The summed E-state index contributed by atoms with van der Waals surface area (Å²) in [4.78, 5) is 37.9. The Morgan fingerprint density at radius 2 is 1.72 bits per heavy atom. The fourth-order valence-corrected chi connectivity index (χ4v) is 3.74. The molecule has 1 fully saturated rings. The molecule has 0 atom stereocenters. The molecule has 1 heterocycles. The van der Waals surface area contributed by atoms with Gasteiger partial charge < -0.3 is 14.8 Å². The Labute approximate surface area is 168 Å². The van der Waals surface area contributed by atoms with E-state index in [1.807, 2.05) is 0 Å². The van der Waals surface area contributed by atoms with Crippen LogP contribution in [-0.2, 0) is 0 Å². The lowest BCUT2D eigenvalue weighted by Crippen LogP contribution is -2.24. The number of hydrogen-bond acceptors (Lipinski definition) is 5. The average Bonchev–Trinajstić information content (AvgIpc) is 3.31. The lowest BCUT2D eigenvalue weighted by Gasteiger charge is -2.17. The molecule has 150 valence electrons. The number of amides is 3. The zero-order valence-corrected chi connectivity index (χ0v) is 16.4. The second kappa shape index (κ2) is 7.58. The number of benzene rings is 2. The van der Waals surface area contributed by atoms with E-state index < -0.39 is 5.91 Å². The second-order valence-electron chi connectivity index (χ2n) is 7.27. The normalized spacial score (nSPS) is 16.1. The van der Waals surface area contributed by atoms with E-state index in [-0.39, 0.29) is 23.5 Å². The van der Waals surface area contributed by atoms with Crippen molar-refractivity contribution in [3.8, 4) is 11.5 Å². The minimum atomic E-state index is -0.406. The monoisotopic (exact) mass is 394 g/mol. The third-order valence-electron chi connectivity index (χ3n) is 5.37. The Hall–Kier alpha value is -3.35. The van der Waals surface area contributed by atoms with Gasteiger partial charge in [-0.3, -0.25) is 19.3 Å². The van der Waals surface area contributed by atoms with Gasteiger partial charge >= 0.3 is 0 Å². The van der Waals surface area contributed by atoms with Crippen molar-refractivity contribution < 1.29 is 23.9 Å². The molecular weight excluding hydrogens is 372 g/mol. The number of methoxy groups -OCH3 is 1. The highest BCUT2D eigenvalue weighted by atomic mass is 16.5. The van der Waals surface area contributed by atoms with Crippen LogP contribution in [0.4, 0.5) is 5.69 Å².